The molecule has 2 aromatic carbocycles. The molecule has 1 N–H and O–H groups in total. The quantitative estimate of drug-likeness (QED) is 0.842. The molecule has 0 saturated heterocycles. The molecule has 0 saturated carbocycles. The van der Waals surface area contributed by atoms with E-state index < -0.39 is 0 Å². The zero-order valence-electron chi connectivity index (χ0n) is 14.3. The van der Waals surface area contributed by atoms with Crippen LogP contribution in [-0.4, -0.2) is 12.0 Å². The summed E-state index contributed by atoms with van der Waals surface area (Å²) in [4.78, 5) is 12.7. The fourth-order valence-corrected chi connectivity index (χ4v) is 2.47. The molecule has 0 aromatic heterocycles. The van der Waals surface area contributed by atoms with Crippen LogP contribution < -0.4 is 10.1 Å². The standard InChI is InChI=1S/C20H25NO2/c1-5-18(16-12-10-15(4)11-13-16)21-20(22)17-8-6-7-9-19(17)23-14(2)3/h6-14,18H,5H2,1-4H3,(H,21,22)/t18-/m1/s1. The molecular formula is C20H25NO2. The minimum absolute atomic E-state index is 0.00444. The van der Waals surface area contributed by atoms with Crippen LogP contribution in [0.15, 0.2) is 48.5 Å². The van der Waals surface area contributed by atoms with Crippen molar-refractivity contribution >= 4 is 5.91 Å². The molecule has 0 fully saturated rings. The lowest BCUT2D eigenvalue weighted by Crippen LogP contribution is -2.28. The number of nitrogens with one attached hydrogen (secondary N) is 1. The summed E-state index contributed by atoms with van der Waals surface area (Å²) in [6.45, 7) is 8.04. The van der Waals surface area contributed by atoms with Gasteiger partial charge in [0.05, 0.1) is 17.7 Å². The van der Waals surface area contributed by atoms with Crippen molar-refractivity contribution < 1.29 is 9.53 Å². The topological polar surface area (TPSA) is 38.3 Å². The first-order valence-corrected chi connectivity index (χ1v) is 8.14. The van der Waals surface area contributed by atoms with Gasteiger partial charge in [-0.15, -0.1) is 0 Å². The molecule has 0 spiro atoms. The van der Waals surface area contributed by atoms with Gasteiger partial charge in [-0.1, -0.05) is 48.9 Å². The number of aryl methyl sites for hydroxylation is 1. The second-order valence-corrected chi connectivity index (χ2v) is 6.01. The van der Waals surface area contributed by atoms with Crippen molar-refractivity contribution in [3.05, 3.63) is 65.2 Å². The van der Waals surface area contributed by atoms with Gasteiger partial charge in [0.15, 0.2) is 0 Å². The van der Waals surface area contributed by atoms with Crippen LogP contribution >= 0.6 is 0 Å². The molecule has 2 aromatic rings. The summed E-state index contributed by atoms with van der Waals surface area (Å²) < 4.78 is 5.74. The third kappa shape index (κ3) is 4.59. The van der Waals surface area contributed by atoms with Gasteiger partial charge < -0.3 is 10.1 Å². The van der Waals surface area contributed by atoms with E-state index in [2.05, 4.69) is 43.4 Å². The first-order valence-electron chi connectivity index (χ1n) is 8.14. The van der Waals surface area contributed by atoms with Gasteiger partial charge in [0, 0.05) is 0 Å². The fraction of sp³-hybridized carbons (Fsp3) is 0.350. The average molecular weight is 311 g/mol. The molecule has 3 nitrogen and oxygen atoms in total. The number of benzene rings is 2. The van der Waals surface area contributed by atoms with E-state index in [0.29, 0.717) is 11.3 Å². The summed E-state index contributed by atoms with van der Waals surface area (Å²) >= 11 is 0. The molecule has 0 aliphatic heterocycles. The monoisotopic (exact) mass is 311 g/mol. The third-order valence-corrected chi connectivity index (χ3v) is 3.69. The lowest BCUT2D eigenvalue weighted by atomic mass is 10.0. The van der Waals surface area contributed by atoms with Gasteiger partial charge in [-0.2, -0.15) is 0 Å². The van der Waals surface area contributed by atoms with E-state index in [1.807, 2.05) is 32.0 Å². The van der Waals surface area contributed by atoms with Crippen molar-refractivity contribution in [3.63, 3.8) is 0 Å². The molecule has 2 rings (SSSR count). The highest BCUT2D eigenvalue weighted by Gasteiger charge is 2.17. The van der Waals surface area contributed by atoms with Gasteiger partial charge in [-0.05, 0) is 44.9 Å². The predicted octanol–water partition coefficient (Wildman–Crippen LogP) is 4.66. The second-order valence-electron chi connectivity index (χ2n) is 6.01. The summed E-state index contributed by atoms with van der Waals surface area (Å²) in [5, 5.41) is 3.11. The Hall–Kier alpha value is -2.29. The Labute approximate surface area is 138 Å². The summed E-state index contributed by atoms with van der Waals surface area (Å²) in [6, 6.07) is 15.6. The molecule has 0 aliphatic carbocycles. The van der Waals surface area contributed by atoms with Crippen LogP contribution in [0, 0.1) is 6.92 Å². The van der Waals surface area contributed by atoms with Gasteiger partial charge >= 0.3 is 0 Å². The van der Waals surface area contributed by atoms with Crippen molar-refractivity contribution in [1.82, 2.24) is 5.32 Å². The SMILES string of the molecule is CC[C@@H](NC(=O)c1ccccc1OC(C)C)c1ccc(C)cc1. The van der Waals surface area contributed by atoms with E-state index in [4.69, 9.17) is 4.74 Å². The van der Waals surface area contributed by atoms with E-state index in [0.717, 1.165) is 12.0 Å². The lowest BCUT2D eigenvalue weighted by molar-refractivity contribution is 0.0929. The largest absolute Gasteiger partial charge is 0.490 e. The number of carbonyl (C=O) groups excluding carboxylic acids is 1. The van der Waals surface area contributed by atoms with Crippen molar-refractivity contribution in [3.8, 4) is 5.75 Å². The number of hydrogen-bond acceptors (Lipinski definition) is 2. The number of hydrogen-bond donors (Lipinski definition) is 1. The van der Waals surface area contributed by atoms with Gasteiger partial charge in [-0.25, -0.2) is 0 Å². The lowest BCUT2D eigenvalue weighted by Gasteiger charge is -2.19. The minimum Gasteiger partial charge on any atom is -0.490 e. The van der Waals surface area contributed by atoms with E-state index in [-0.39, 0.29) is 18.1 Å². The van der Waals surface area contributed by atoms with Crippen molar-refractivity contribution in [2.75, 3.05) is 0 Å². The first kappa shape index (κ1) is 17.1. The van der Waals surface area contributed by atoms with E-state index in [1.165, 1.54) is 5.56 Å². The van der Waals surface area contributed by atoms with Crippen LogP contribution in [0.3, 0.4) is 0 Å². The third-order valence-electron chi connectivity index (χ3n) is 3.69. The molecule has 23 heavy (non-hydrogen) atoms. The Morgan fingerprint density at radius 3 is 2.35 bits per heavy atom. The summed E-state index contributed by atoms with van der Waals surface area (Å²) in [7, 11) is 0. The Morgan fingerprint density at radius 1 is 1.09 bits per heavy atom. The van der Waals surface area contributed by atoms with Gasteiger partial charge in [-0.3, -0.25) is 4.79 Å². The van der Waals surface area contributed by atoms with Gasteiger partial charge in [0.1, 0.15) is 5.75 Å². The molecule has 1 atom stereocenters. The van der Waals surface area contributed by atoms with Crippen LogP contribution in [0.25, 0.3) is 0 Å². The maximum atomic E-state index is 12.7. The molecule has 3 heteroatoms. The van der Waals surface area contributed by atoms with Crippen LogP contribution in [0.2, 0.25) is 0 Å². The van der Waals surface area contributed by atoms with Crippen molar-refractivity contribution in [2.45, 2.75) is 46.3 Å². The summed E-state index contributed by atoms with van der Waals surface area (Å²) in [6.07, 6.45) is 0.866. The second kappa shape index (κ2) is 7.82. The highest BCUT2D eigenvalue weighted by atomic mass is 16.5. The Bertz CT molecular complexity index is 647. The van der Waals surface area contributed by atoms with Crippen LogP contribution in [-0.2, 0) is 0 Å². The van der Waals surface area contributed by atoms with Gasteiger partial charge in [0.25, 0.3) is 5.91 Å². The number of para-hydroxylation sites is 1. The predicted molar refractivity (Wildman–Crippen MR) is 93.9 cm³/mol. The Kier molecular flexibility index (Phi) is 5.80. The average Bonchev–Trinajstić information content (AvgIpc) is 2.53. The zero-order valence-corrected chi connectivity index (χ0v) is 14.3. The number of amides is 1. The van der Waals surface area contributed by atoms with Crippen LogP contribution in [0.5, 0.6) is 5.75 Å². The smallest absolute Gasteiger partial charge is 0.255 e. The molecule has 0 aliphatic rings. The van der Waals surface area contributed by atoms with Crippen molar-refractivity contribution in [1.29, 1.82) is 0 Å². The Balaban J connectivity index is 2.18. The maximum absolute atomic E-state index is 12.7. The fourth-order valence-electron chi connectivity index (χ4n) is 2.47. The first-order chi connectivity index (χ1) is 11.0. The minimum atomic E-state index is -0.103. The Morgan fingerprint density at radius 2 is 1.74 bits per heavy atom. The molecule has 0 bridgehead atoms. The van der Waals surface area contributed by atoms with E-state index in [9.17, 15) is 4.79 Å². The van der Waals surface area contributed by atoms with Crippen LogP contribution in [0.1, 0.15) is 54.7 Å². The van der Waals surface area contributed by atoms with E-state index >= 15 is 0 Å². The zero-order chi connectivity index (χ0) is 16.8. The number of rotatable bonds is 6. The molecule has 1 amide bonds. The number of carbonyl (C=O) groups is 1. The highest BCUT2D eigenvalue weighted by Crippen LogP contribution is 2.22. The van der Waals surface area contributed by atoms with E-state index in [1.54, 1.807) is 6.07 Å². The van der Waals surface area contributed by atoms with Crippen LogP contribution in [0.4, 0.5) is 0 Å². The molecule has 0 unspecified atom stereocenters. The summed E-state index contributed by atoms with van der Waals surface area (Å²) in [5.74, 6) is 0.521. The van der Waals surface area contributed by atoms with Crippen molar-refractivity contribution in [2.24, 2.45) is 0 Å². The molecule has 0 radical (unpaired) electrons. The molecule has 0 heterocycles. The maximum Gasteiger partial charge on any atom is 0.255 e. The number of ether oxygens (including phenoxy) is 1. The molecular weight excluding hydrogens is 286 g/mol. The van der Waals surface area contributed by atoms with Gasteiger partial charge in [0.2, 0.25) is 0 Å². The normalized spacial score (nSPS) is 12.0. The summed E-state index contributed by atoms with van der Waals surface area (Å²) in [5.41, 5.74) is 2.91. The highest BCUT2D eigenvalue weighted by molar-refractivity contribution is 5.97. The molecule has 122 valence electrons.